The third-order valence-electron chi connectivity index (χ3n) is 4.01. The zero-order chi connectivity index (χ0) is 17.8. The Balaban J connectivity index is 1.56. The Kier molecular flexibility index (Phi) is 4.70. The first-order valence-electron chi connectivity index (χ1n) is 7.99. The standard InChI is InChI=1S/C19H20N4O2/c1-13(24)23(2)17-9-7-15(8-10-17)22-19(25)20-12-16-11-14-5-3-4-6-18(14)21-16/h3-11,21H,12H2,1-2H3,(H2,20,22,25). The van der Waals surface area contributed by atoms with Crippen LogP contribution in [0.1, 0.15) is 12.6 Å². The number of hydrogen-bond acceptors (Lipinski definition) is 2. The van der Waals surface area contributed by atoms with E-state index in [1.165, 1.54) is 6.92 Å². The molecule has 6 heteroatoms. The number of para-hydroxylation sites is 1. The number of nitrogens with zero attached hydrogens (tertiary/aromatic N) is 1. The van der Waals surface area contributed by atoms with Crippen LogP contribution >= 0.6 is 0 Å². The molecule has 0 aliphatic carbocycles. The van der Waals surface area contributed by atoms with Crippen molar-refractivity contribution in [2.75, 3.05) is 17.3 Å². The SMILES string of the molecule is CC(=O)N(C)c1ccc(NC(=O)NCc2cc3ccccc3[nH]2)cc1. The highest BCUT2D eigenvalue weighted by atomic mass is 16.2. The number of urea groups is 1. The van der Waals surface area contributed by atoms with E-state index in [0.717, 1.165) is 22.3 Å². The molecule has 0 bridgehead atoms. The number of nitrogens with one attached hydrogen (secondary N) is 3. The van der Waals surface area contributed by atoms with Gasteiger partial charge in [-0.2, -0.15) is 0 Å². The number of fused-ring (bicyclic) bond motifs is 1. The number of hydrogen-bond donors (Lipinski definition) is 3. The minimum atomic E-state index is -0.286. The fourth-order valence-corrected chi connectivity index (χ4v) is 2.53. The van der Waals surface area contributed by atoms with Gasteiger partial charge in [0.2, 0.25) is 5.91 Å². The molecular formula is C19H20N4O2. The van der Waals surface area contributed by atoms with Crippen LogP contribution in [0.4, 0.5) is 16.2 Å². The lowest BCUT2D eigenvalue weighted by molar-refractivity contribution is -0.116. The molecular weight excluding hydrogens is 316 g/mol. The van der Waals surface area contributed by atoms with Gasteiger partial charge in [0, 0.05) is 36.6 Å². The molecule has 3 N–H and O–H groups in total. The summed E-state index contributed by atoms with van der Waals surface area (Å²) in [4.78, 5) is 28.2. The number of carbonyl (C=O) groups is 2. The maximum absolute atomic E-state index is 12.0. The minimum Gasteiger partial charge on any atom is -0.357 e. The molecule has 128 valence electrons. The lowest BCUT2D eigenvalue weighted by atomic mass is 10.2. The van der Waals surface area contributed by atoms with Crippen LogP contribution in [0.25, 0.3) is 10.9 Å². The van der Waals surface area contributed by atoms with Crippen LogP contribution in [0.2, 0.25) is 0 Å². The largest absolute Gasteiger partial charge is 0.357 e. The second-order valence-electron chi connectivity index (χ2n) is 5.81. The van der Waals surface area contributed by atoms with E-state index in [1.54, 1.807) is 36.2 Å². The molecule has 0 radical (unpaired) electrons. The van der Waals surface area contributed by atoms with E-state index in [0.29, 0.717) is 12.2 Å². The summed E-state index contributed by atoms with van der Waals surface area (Å²) in [5.74, 6) is -0.0446. The summed E-state index contributed by atoms with van der Waals surface area (Å²) in [5, 5.41) is 6.71. The molecule has 0 aliphatic heterocycles. The maximum atomic E-state index is 12.0. The number of carbonyl (C=O) groups excluding carboxylic acids is 2. The number of aromatic nitrogens is 1. The molecule has 2 aromatic carbocycles. The summed E-state index contributed by atoms with van der Waals surface area (Å²) >= 11 is 0. The van der Waals surface area contributed by atoms with Crippen molar-refractivity contribution in [3.8, 4) is 0 Å². The van der Waals surface area contributed by atoms with Gasteiger partial charge in [0.25, 0.3) is 0 Å². The lowest BCUT2D eigenvalue weighted by Gasteiger charge is -2.15. The predicted molar refractivity (Wildman–Crippen MR) is 99.7 cm³/mol. The maximum Gasteiger partial charge on any atom is 0.319 e. The Labute approximate surface area is 145 Å². The number of rotatable bonds is 4. The van der Waals surface area contributed by atoms with Gasteiger partial charge >= 0.3 is 6.03 Å². The van der Waals surface area contributed by atoms with Crippen molar-refractivity contribution in [1.29, 1.82) is 0 Å². The van der Waals surface area contributed by atoms with Gasteiger partial charge in [0.15, 0.2) is 0 Å². The quantitative estimate of drug-likeness (QED) is 0.682. The summed E-state index contributed by atoms with van der Waals surface area (Å²) in [6.45, 7) is 1.91. The van der Waals surface area contributed by atoms with Gasteiger partial charge in [0.1, 0.15) is 0 Å². The number of amides is 3. The number of H-pyrrole nitrogens is 1. The van der Waals surface area contributed by atoms with Crippen molar-refractivity contribution >= 4 is 34.2 Å². The zero-order valence-corrected chi connectivity index (χ0v) is 14.2. The summed E-state index contributed by atoms with van der Waals surface area (Å²) < 4.78 is 0. The summed E-state index contributed by atoms with van der Waals surface area (Å²) in [5.41, 5.74) is 3.42. The molecule has 0 aliphatic rings. The monoisotopic (exact) mass is 336 g/mol. The number of aromatic amines is 1. The predicted octanol–water partition coefficient (Wildman–Crippen LogP) is 3.47. The van der Waals surface area contributed by atoms with Gasteiger partial charge in [0.05, 0.1) is 6.54 Å². The third kappa shape index (κ3) is 3.98. The van der Waals surface area contributed by atoms with Crippen molar-refractivity contribution in [3.05, 3.63) is 60.3 Å². The molecule has 0 saturated heterocycles. The van der Waals surface area contributed by atoms with E-state index in [4.69, 9.17) is 0 Å². The molecule has 3 amide bonds. The van der Waals surface area contributed by atoms with Crippen LogP contribution in [0.5, 0.6) is 0 Å². The summed E-state index contributed by atoms with van der Waals surface area (Å²) in [6, 6.07) is 16.8. The Morgan fingerprint density at radius 1 is 1.08 bits per heavy atom. The normalized spacial score (nSPS) is 10.5. The Hall–Kier alpha value is -3.28. The van der Waals surface area contributed by atoms with Crippen molar-refractivity contribution in [1.82, 2.24) is 10.3 Å². The highest BCUT2D eigenvalue weighted by Crippen LogP contribution is 2.17. The molecule has 25 heavy (non-hydrogen) atoms. The molecule has 6 nitrogen and oxygen atoms in total. The van der Waals surface area contributed by atoms with Crippen molar-refractivity contribution in [3.63, 3.8) is 0 Å². The molecule has 3 aromatic rings. The topological polar surface area (TPSA) is 77.2 Å². The molecule has 0 fully saturated rings. The molecule has 1 heterocycles. The van der Waals surface area contributed by atoms with Gasteiger partial charge in [-0.15, -0.1) is 0 Å². The second kappa shape index (κ2) is 7.09. The van der Waals surface area contributed by atoms with Crippen LogP contribution in [0, 0.1) is 0 Å². The van der Waals surface area contributed by atoms with E-state index >= 15 is 0 Å². The first kappa shape index (κ1) is 16.6. The van der Waals surface area contributed by atoms with Gasteiger partial charge in [-0.25, -0.2) is 4.79 Å². The van der Waals surface area contributed by atoms with Crippen molar-refractivity contribution < 1.29 is 9.59 Å². The molecule has 3 rings (SSSR count). The smallest absolute Gasteiger partial charge is 0.319 e. The van der Waals surface area contributed by atoms with Crippen LogP contribution in [-0.4, -0.2) is 24.0 Å². The minimum absolute atomic E-state index is 0.0446. The third-order valence-corrected chi connectivity index (χ3v) is 4.01. The zero-order valence-electron chi connectivity index (χ0n) is 14.2. The second-order valence-corrected chi connectivity index (χ2v) is 5.81. The van der Waals surface area contributed by atoms with Crippen LogP contribution in [-0.2, 0) is 11.3 Å². The first-order valence-corrected chi connectivity index (χ1v) is 7.99. The van der Waals surface area contributed by atoms with Crippen LogP contribution in [0.3, 0.4) is 0 Å². The molecule has 1 aromatic heterocycles. The van der Waals surface area contributed by atoms with E-state index in [9.17, 15) is 9.59 Å². The molecule has 0 spiro atoms. The summed E-state index contributed by atoms with van der Waals surface area (Å²) in [7, 11) is 1.71. The number of benzene rings is 2. The molecule has 0 atom stereocenters. The lowest BCUT2D eigenvalue weighted by Crippen LogP contribution is -2.28. The van der Waals surface area contributed by atoms with Gasteiger partial charge in [-0.1, -0.05) is 18.2 Å². The van der Waals surface area contributed by atoms with Gasteiger partial charge < -0.3 is 20.5 Å². The van der Waals surface area contributed by atoms with Gasteiger partial charge in [-0.05, 0) is 41.8 Å². The first-order chi connectivity index (χ1) is 12.0. The van der Waals surface area contributed by atoms with Crippen LogP contribution < -0.4 is 15.5 Å². The Morgan fingerprint density at radius 2 is 1.80 bits per heavy atom. The average molecular weight is 336 g/mol. The van der Waals surface area contributed by atoms with E-state index in [-0.39, 0.29) is 11.9 Å². The molecule has 0 saturated carbocycles. The van der Waals surface area contributed by atoms with Crippen molar-refractivity contribution in [2.24, 2.45) is 0 Å². The van der Waals surface area contributed by atoms with E-state index in [2.05, 4.69) is 15.6 Å². The Bertz CT molecular complexity index is 866. The van der Waals surface area contributed by atoms with E-state index in [1.807, 2.05) is 30.3 Å². The fourth-order valence-electron chi connectivity index (χ4n) is 2.53. The highest BCUT2D eigenvalue weighted by molar-refractivity contribution is 5.92. The number of anilines is 2. The molecule has 0 unspecified atom stereocenters. The highest BCUT2D eigenvalue weighted by Gasteiger charge is 2.07. The summed E-state index contributed by atoms with van der Waals surface area (Å²) in [6.07, 6.45) is 0. The fraction of sp³-hybridized carbons (Fsp3) is 0.158. The Morgan fingerprint density at radius 3 is 2.48 bits per heavy atom. The van der Waals surface area contributed by atoms with Crippen LogP contribution in [0.15, 0.2) is 54.6 Å². The van der Waals surface area contributed by atoms with Crippen molar-refractivity contribution in [2.45, 2.75) is 13.5 Å². The van der Waals surface area contributed by atoms with E-state index < -0.39 is 0 Å². The van der Waals surface area contributed by atoms with Gasteiger partial charge in [-0.3, -0.25) is 4.79 Å². The average Bonchev–Trinajstić information content (AvgIpc) is 3.03.